The zero-order chi connectivity index (χ0) is 73.8. The number of non-ortho nitro benzene ring substituents is 1. The number of hydrogen-bond donors (Lipinski definition) is 7. The van der Waals surface area contributed by atoms with E-state index >= 15 is 0 Å². The Balaban J connectivity index is 0.000000573. The molecular formula is C57H40F26N2O10. The molecule has 0 saturated carbocycles. The molecule has 95 heavy (non-hydrogen) atoms. The topological polar surface area (TPSA) is 226 Å². The number of rotatable bonds is 7. The fourth-order valence-electron chi connectivity index (χ4n) is 6.74. The summed E-state index contributed by atoms with van der Waals surface area (Å²) in [5, 5.41) is 79.2. The van der Waals surface area contributed by atoms with Crippen molar-refractivity contribution >= 4 is 11.7 Å². The van der Waals surface area contributed by atoms with Crippen LogP contribution in [0.2, 0.25) is 0 Å². The Kier molecular flexibility index (Phi) is 28.5. The van der Waals surface area contributed by atoms with Crippen molar-refractivity contribution in [1.29, 1.82) is 5.26 Å². The van der Waals surface area contributed by atoms with Gasteiger partial charge in [0, 0.05) is 31.0 Å². The quantitative estimate of drug-likeness (QED) is 0.0451. The van der Waals surface area contributed by atoms with Crippen LogP contribution in [0.25, 0.3) is 0 Å². The molecule has 0 amide bonds. The fraction of sp³-hybridized carbons (Fsp3) is 0.228. The van der Waals surface area contributed by atoms with Crippen molar-refractivity contribution in [2.75, 3.05) is 0 Å². The van der Waals surface area contributed by atoms with E-state index in [0.29, 0.717) is 30.0 Å². The van der Waals surface area contributed by atoms with Crippen molar-refractivity contribution in [3.05, 3.63) is 219 Å². The normalized spacial score (nSPS) is 12.2. The van der Waals surface area contributed by atoms with Crippen LogP contribution in [0.1, 0.15) is 38.2 Å². The van der Waals surface area contributed by atoms with Gasteiger partial charge in [0.1, 0.15) is 34.5 Å². The van der Waals surface area contributed by atoms with E-state index in [1.54, 1.807) is 36.4 Å². The van der Waals surface area contributed by atoms with Gasteiger partial charge in [0.25, 0.3) is 16.5 Å². The van der Waals surface area contributed by atoms with Gasteiger partial charge >= 0.3 is 61.3 Å². The Bertz CT molecular complexity index is 3440. The molecule has 7 N–H and O–H groups in total. The number of nitro groups is 1. The minimum Gasteiger partial charge on any atom is -0.508 e. The molecule has 7 aromatic carbocycles. The first kappa shape index (κ1) is 82.9. The second kappa shape index (κ2) is 32.6. The number of carboxylic acid groups (broad SMARTS) is 1. The van der Waals surface area contributed by atoms with Crippen LogP contribution in [-0.2, 0) is 24.4 Å². The molecular weight excluding hydrogens is 1370 g/mol. The Labute approximate surface area is 514 Å². The Morgan fingerprint density at radius 3 is 0.989 bits per heavy atom. The lowest BCUT2D eigenvalue weighted by atomic mass is 9.78. The molecule has 0 atom stereocenters. The van der Waals surface area contributed by atoms with Crippen LogP contribution in [0.15, 0.2) is 176 Å². The zero-order valence-corrected chi connectivity index (χ0v) is 46.2. The highest BCUT2D eigenvalue weighted by molar-refractivity contribution is 5.87. The number of aromatic hydroxyl groups is 6. The average Bonchev–Trinajstić information content (AvgIpc) is 0.720. The second-order valence-electron chi connectivity index (χ2n) is 18.2. The van der Waals surface area contributed by atoms with Gasteiger partial charge in [-0.15, -0.1) is 0 Å². The van der Waals surface area contributed by atoms with Crippen molar-refractivity contribution in [1.82, 2.24) is 0 Å². The van der Waals surface area contributed by atoms with Crippen LogP contribution < -0.4 is 0 Å². The molecule has 0 saturated heterocycles. The summed E-state index contributed by atoms with van der Waals surface area (Å²) in [4.78, 5) is 19.7. The predicted molar refractivity (Wildman–Crippen MR) is 277 cm³/mol. The molecule has 0 fully saturated rings. The molecule has 0 aromatic heterocycles. The third-order valence-corrected chi connectivity index (χ3v) is 11.5. The van der Waals surface area contributed by atoms with E-state index in [-0.39, 0.29) is 57.5 Å². The first-order valence-corrected chi connectivity index (χ1v) is 24.5. The van der Waals surface area contributed by atoms with Gasteiger partial charge in [-0.25, -0.2) is 4.79 Å². The van der Waals surface area contributed by atoms with Gasteiger partial charge in [-0.3, -0.25) is 10.1 Å². The molecule has 7 rings (SSSR count). The van der Waals surface area contributed by atoms with Gasteiger partial charge in [-0.1, -0.05) is 60.7 Å². The third-order valence-electron chi connectivity index (χ3n) is 11.5. The van der Waals surface area contributed by atoms with E-state index in [1.807, 2.05) is 6.07 Å². The van der Waals surface area contributed by atoms with Gasteiger partial charge in [0.05, 0.1) is 27.7 Å². The molecule has 38 heteroatoms. The van der Waals surface area contributed by atoms with Gasteiger partial charge in [-0.2, -0.15) is 119 Å². The van der Waals surface area contributed by atoms with Crippen LogP contribution in [0, 0.1) is 26.9 Å². The number of alkyl halides is 26. The van der Waals surface area contributed by atoms with Crippen molar-refractivity contribution in [2.45, 2.75) is 73.6 Å². The van der Waals surface area contributed by atoms with Gasteiger partial charge < -0.3 is 35.7 Å². The number of halogens is 26. The lowest BCUT2D eigenvalue weighted by Gasteiger charge is -2.38. The highest BCUT2D eigenvalue weighted by Crippen LogP contribution is 2.62. The van der Waals surface area contributed by atoms with E-state index in [9.17, 15) is 129 Å². The van der Waals surface area contributed by atoms with Crippen LogP contribution in [-0.4, -0.2) is 95.8 Å². The summed E-state index contributed by atoms with van der Waals surface area (Å²) >= 11 is 0. The Morgan fingerprint density at radius 2 is 0.716 bits per heavy atom. The summed E-state index contributed by atoms with van der Waals surface area (Å²) in [6, 6.07) is 32.0. The van der Waals surface area contributed by atoms with E-state index < -0.39 is 112 Å². The SMILES string of the molecule is N#Cc1ccc(CC(C(F)(F)F)(C(F)(F)F)C(F)(F)F)cc1.O=C(O)c1ccc(O)cc1.O=[N+]([O-])c1ccc(CC(F)(F)C(F)(F)F)cc1.Oc1ccc(C(C(F)(F)F)(C(F)(F)F)C(F)(F)F)cc1.Oc1ccc(C(F)(F)F)cc1.Oc1cccc(O)c1.Oc1ccccc1. The Morgan fingerprint density at radius 1 is 0.389 bits per heavy atom. The molecule has 0 unspecified atom stereocenters. The van der Waals surface area contributed by atoms with Crippen molar-refractivity contribution in [2.24, 2.45) is 5.41 Å². The lowest BCUT2D eigenvalue weighted by Crippen LogP contribution is -2.63. The lowest BCUT2D eigenvalue weighted by molar-refractivity contribution is -0.426. The first-order valence-electron chi connectivity index (χ1n) is 24.5. The number of para-hydroxylation sites is 1. The number of carbonyl (C=O) groups is 1. The van der Waals surface area contributed by atoms with E-state index in [0.717, 1.165) is 60.7 Å². The molecule has 0 aliphatic rings. The summed E-state index contributed by atoms with van der Waals surface area (Å²) in [7, 11) is 0. The number of benzene rings is 7. The first-order chi connectivity index (χ1) is 43.0. The Hall–Kier alpha value is -10.1. The zero-order valence-electron chi connectivity index (χ0n) is 46.2. The molecule has 0 aliphatic carbocycles. The van der Waals surface area contributed by atoms with Crippen LogP contribution in [0.5, 0.6) is 34.5 Å². The molecule has 0 heterocycles. The van der Waals surface area contributed by atoms with Crippen LogP contribution in [0.4, 0.5) is 120 Å². The molecule has 520 valence electrons. The summed E-state index contributed by atoms with van der Waals surface area (Å²) in [6.45, 7) is 0. The van der Waals surface area contributed by atoms with Crippen molar-refractivity contribution < 1.29 is 160 Å². The summed E-state index contributed by atoms with van der Waals surface area (Å²) in [5.74, 6) is -6.20. The van der Waals surface area contributed by atoms with Crippen LogP contribution in [0.3, 0.4) is 0 Å². The number of aromatic carboxylic acids is 1. The molecule has 0 radical (unpaired) electrons. The largest absolute Gasteiger partial charge is 0.508 e. The number of phenolic OH excluding ortho intramolecular Hbond substituents is 6. The summed E-state index contributed by atoms with van der Waals surface area (Å²) < 4.78 is 325. The number of carboxylic acids is 1. The molecule has 0 spiro atoms. The predicted octanol–water partition coefficient (Wildman–Crippen LogP) is 18.4. The summed E-state index contributed by atoms with van der Waals surface area (Å²) in [5.41, 5.74) is -16.2. The van der Waals surface area contributed by atoms with Gasteiger partial charge in [0.2, 0.25) is 0 Å². The number of nitrogens with zero attached hydrogens (tertiary/aromatic N) is 2. The van der Waals surface area contributed by atoms with Crippen LogP contribution >= 0.6 is 0 Å². The highest BCUT2D eigenvalue weighted by Gasteiger charge is 2.85. The molecule has 12 nitrogen and oxygen atoms in total. The van der Waals surface area contributed by atoms with E-state index in [4.69, 9.17) is 41.0 Å². The van der Waals surface area contributed by atoms with E-state index in [1.165, 1.54) is 42.5 Å². The highest BCUT2D eigenvalue weighted by atomic mass is 19.5. The number of hydrogen-bond acceptors (Lipinski definition) is 10. The minimum atomic E-state index is -6.65. The maximum absolute atomic E-state index is 12.7. The molecule has 0 aliphatic heterocycles. The van der Waals surface area contributed by atoms with Gasteiger partial charge in [0.15, 0.2) is 0 Å². The molecule has 7 aromatic rings. The smallest absolute Gasteiger partial charge is 0.453 e. The average molecular weight is 1410 g/mol. The second-order valence-corrected chi connectivity index (χ2v) is 18.2. The standard InChI is InChI=1S/C12H6F9N.C10H5F9O.C9H6F5NO2.C7H5F3O.C7H6O3.C6H6O2.C6H6O/c13-10(14,15)9(11(16,17)18,12(19,20)21)5-7-1-3-8(6-22)4-2-7;11-8(12,13)7(9(14,15)16,10(17,18)19)5-1-3-6(20)4-2-5;10-8(11,9(12,13)14)5-6-1-3-7(4-2-6)15(16)17;8-7(9,10)5-1-3-6(11)4-2-5;8-6-3-1-5(2-4-6)7(9)10;7-5-2-1-3-6(8)4-5;7-6-4-2-1-3-5-6/h1-4H,5H2;1-4,20H;1-4H,5H2;1-4,11H;1-4,8H,(H,9,10);1-4,7-8H;1-5,7H. The number of phenols is 6. The van der Waals surface area contributed by atoms with Crippen molar-refractivity contribution in [3.8, 4) is 40.6 Å². The van der Waals surface area contributed by atoms with Gasteiger partial charge in [-0.05, 0) is 114 Å². The third kappa shape index (κ3) is 24.1. The number of nitriles is 1. The maximum Gasteiger partial charge on any atom is 0.453 e. The summed E-state index contributed by atoms with van der Waals surface area (Å²) in [6.07, 6.45) is -53.6. The monoisotopic (exact) mass is 1410 g/mol. The fourth-order valence-corrected chi connectivity index (χ4v) is 6.74. The van der Waals surface area contributed by atoms with Crippen molar-refractivity contribution in [3.63, 3.8) is 0 Å². The van der Waals surface area contributed by atoms with E-state index in [2.05, 4.69) is 0 Å². The number of nitro benzene ring substituents is 1. The maximum atomic E-state index is 12.7. The molecule has 0 bridgehead atoms. The minimum absolute atomic E-state index is 0.0657.